The topological polar surface area (TPSA) is 82.3 Å². The quantitative estimate of drug-likeness (QED) is 0.912. The van der Waals surface area contributed by atoms with Gasteiger partial charge in [-0.2, -0.15) is 0 Å². The van der Waals surface area contributed by atoms with Gasteiger partial charge in [-0.25, -0.2) is 13.6 Å². The van der Waals surface area contributed by atoms with Gasteiger partial charge in [0.1, 0.15) is 5.75 Å². The maximum absolute atomic E-state index is 11.4. The molecule has 1 fully saturated rings. The van der Waals surface area contributed by atoms with Crippen LogP contribution in [0, 0.1) is 5.41 Å². The Morgan fingerprint density at radius 2 is 1.96 bits per heavy atom. The molecule has 4 rings (SSSR count). The van der Waals surface area contributed by atoms with Gasteiger partial charge in [0.15, 0.2) is 0 Å². The molecule has 2 atom stereocenters. The van der Waals surface area contributed by atoms with Crippen LogP contribution in [0.3, 0.4) is 0 Å². The van der Waals surface area contributed by atoms with Gasteiger partial charge in [-0.15, -0.1) is 0 Å². The van der Waals surface area contributed by atoms with Crippen molar-refractivity contribution in [1.29, 1.82) is 0 Å². The molecular weight excluding hydrogens is 336 g/mol. The predicted octanol–water partition coefficient (Wildman–Crippen LogP) is 3.09. The van der Waals surface area contributed by atoms with E-state index in [1.807, 2.05) is 24.3 Å². The fraction of sp³-hybridized carbons (Fsp3) is 0.316. The molecule has 2 aliphatic carbocycles. The molecule has 6 heteroatoms. The maximum atomic E-state index is 11.4. The summed E-state index contributed by atoms with van der Waals surface area (Å²) in [7, 11) is -2.00. The van der Waals surface area contributed by atoms with Gasteiger partial charge in [0.2, 0.25) is 10.0 Å². The average molecular weight is 356 g/mol. The van der Waals surface area contributed by atoms with Crippen LogP contribution >= 0.6 is 0 Å². The normalized spacial score (nSPS) is 25.0. The number of hydrogen-bond donors (Lipinski definition) is 1. The number of methoxy groups -OCH3 is 1. The zero-order chi connectivity index (χ0) is 17.7. The Balaban J connectivity index is 1.48. The van der Waals surface area contributed by atoms with E-state index in [0.717, 1.165) is 30.7 Å². The molecule has 25 heavy (non-hydrogen) atoms. The van der Waals surface area contributed by atoms with E-state index in [2.05, 4.69) is 11.1 Å². The van der Waals surface area contributed by atoms with Crippen LogP contribution in [0.15, 0.2) is 53.6 Å². The van der Waals surface area contributed by atoms with Crippen LogP contribution in [0.4, 0.5) is 0 Å². The Hall–Kier alpha value is -2.18. The first-order valence-electron chi connectivity index (χ1n) is 8.23. The molecule has 0 saturated heterocycles. The second-order valence-corrected chi connectivity index (χ2v) is 8.49. The molecule has 130 valence electrons. The molecule has 0 amide bonds. The molecule has 2 aromatic rings. The van der Waals surface area contributed by atoms with Crippen molar-refractivity contribution in [3.8, 4) is 5.75 Å². The molecule has 5 nitrogen and oxygen atoms in total. The van der Waals surface area contributed by atoms with Crippen LogP contribution in [0.1, 0.15) is 36.4 Å². The Morgan fingerprint density at radius 1 is 1.20 bits per heavy atom. The summed E-state index contributed by atoms with van der Waals surface area (Å²) in [4.78, 5) is 4.65. The number of ether oxygens (including phenoxy) is 1. The highest BCUT2D eigenvalue weighted by Crippen LogP contribution is 2.68. The summed E-state index contributed by atoms with van der Waals surface area (Å²) in [6, 6.07) is 10.9. The van der Waals surface area contributed by atoms with E-state index in [9.17, 15) is 8.42 Å². The third-order valence-corrected chi connectivity index (χ3v) is 6.33. The highest BCUT2D eigenvalue weighted by atomic mass is 32.2. The van der Waals surface area contributed by atoms with Crippen molar-refractivity contribution < 1.29 is 13.2 Å². The van der Waals surface area contributed by atoms with E-state index in [1.165, 1.54) is 11.1 Å². The monoisotopic (exact) mass is 356 g/mol. The summed E-state index contributed by atoms with van der Waals surface area (Å²) in [5.41, 5.74) is 3.74. The van der Waals surface area contributed by atoms with Gasteiger partial charge in [0.25, 0.3) is 0 Å². The number of benzene rings is 1. The van der Waals surface area contributed by atoms with E-state index in [0.29, 0.717) is 5.92 Å². The third kappa shape index (κ3) is 2.96. The second-order valence-electron chi connectivity index (χ2n) is 6.93. The molecule has 0 bridgehead atoms. The number of pyridine rings is 1. The summed E-state index contributed by atoms with van der Waals surface area (Å²) in [6.07, 6.45) is 7.20. The molecule has 0 aliphatic heterocycles. The van der Waals surface area contributed by atoms with Gasteiger partial charge in [-0.05, 0) is 66.0 Å². The Morgan fingerprint density at radius 3 is 2.56 bits per heavy atom. The van der Waals surface area contributed by atoms with E-state index >= 15 is 0 Å². The minimum atomic E-state index is -3.63. The first kappa shape index (κ1) is 16.3. The summed E-state index contributed by atoms with van der Waals surface area (Å²) in [5.74, 6) is 1.23. The fourth-order valence-electron chi connectivity index (χ4n) is 3.87. The first-order chi connectivity index (χ1) is 11.9. The van der Waals surface area contributed by atoms with Crippen LogP contribution < -0.4 is 9.88 Å². The summed E-state index contributed by atoms with van der Waals surface area (Å²) in [6.45, 7) is 0. The van der Waals surface area contributed by atoms with E-state index in [1.54, 1.807) is 25.4 Å². The molecule has 2 unspecified atom stereocenters. The van der Waals surface area contributed by atoms with Gasteiger partial charge in [0, 0.05) is 0 Å². The van der Waals surface area contributed by atoms with E-state index < -0.39 is 10.0 Å². The van der Waals surface area contributed by atoms with Crippen LogP contribution in [0.5, 0.6) is 5.75 Å². The molecule has 1 aromatic heterocycles. The Kier molecular flexibility index (Phi) is 3.70. The minimum Gasteiger partial charge on any atom is -0.495 e. The SMILES string of the molecule is COc1ccc(C2=CCC3(C2)CC3c2ccc(S(N)(=O)=O)cc2)nc1. The smallest absolute Gasteiger partial charge is 0.238 e. The van der Waals surface area contributed by atoms with Crippen molar-refractivity contribution in [1.82, 2.24) is 4.98 Å². The molecule has 1 heterocycles. The summed E-state index contributed by atoms with van der Waals surface area (Å²) in [5, 5.41) is 5.17. The van der Waals surface area contributed by atoms with Gasteiger partial charge in [0.05, 0.1) is 23.9 Å². The number of allylic oxidation sites excluding steroid dienone is 2. The largest absolute Gasteiger partial charge is 0.495 e. The van der Waals surface area contributed by atoms with Crippen LogP contribution in [0.25, 0.3) is 5.57 Å². The van der Waals surface area contributed by atoms with E-state index in [4.69, 9.17) is 9.88 Å². The van der Waals surface area contributed by atoms with Gasteiger partial charge in [-0.1, -0.05) is 18.2 Å². The van der Waals surface area contributed by atoms with Gasteiger partial charge in [-0.3, -0.25) is 4.98 Å². The molecule has 0 radical (unpaired) electrons. The zero-order valence-corrected chi connectivity index (χ0v) is 14.8. The summed E-state index contributed by atoms with van der Waals surface area (Å²) < 4.78 is 27.9. The standard InChI is InChI=1S/C19H20N2O3S/c1-24-15-4-7-18(21-12-15)14-8-9-19(10-14)11-17(19)13-2-5-16(6-3-13)25(20,22)23/h2-8,12,17H,9-11H2,1H3,(H2,20,22,23). The maximum Gasteiger partial charge on any atom is 0.238 e. The highest BCUT2D eigenvalue weighted by molar-refractivity contribution is 7.89. The lowest BCUT2D eigenvalue weighted by atomic mass is 9.94. The van der Waals surface area contributed by atoms with Crippen molar-refractivity contribution in [2.24, 2.45) is 10.6 Å². The molecule has 1 aromatic carbocycles. The third-order valence-electron chi connectivity index (χ3n) is 5.40. The number of sulfonamides is 1. The van der Waals surface area contributed by atoms with Gasteiger partial charge < -0.3 is 4.74 Å². The lowest BCUT2D eigenvalue weighted by Gasteiger charge is -2.11. The molecular formula is C19H20N2O3S. The van der Waals surface area contributed by atoms with Crippen molar-refractivity contribution in [3.63, 3.8) is 0 Å². The number of rotatable bonds is 4. The van der Waals surface area contributed by atoms with Crippen molar-refractivity contribution >= 4 is 15.6 Å². The molecule has 1 spiro atoms. The minimum absolute atomic E-state index is 0.165. The average Bonchev–Trinajstić information content (AvgIpc) is 3.14. The van der Waals surface area contributed by atoms with Crippen LogP contribution in [-0.4, -0.2) is 20.5 Å². The first-order valence-corrected chi connectivity index (χ1v) is 9.78. The fourth-order valence-corrected chi connectivity index (χ4v) is 4.38. The zero-order valence-electron chi connectivity index (χ0n) is 14.0. The Bertz CT molecular complexity index is 934. The lowest BCUT2D eigenvalue weighted by molar-refractivity contribution is 0.413. The predicted molar refractivity (Wildman–Crippen MR) is 95.6 cm³/mol. The molecule has 2 aliphatic rings. The van der Waals surface area contributed by atoms with Crippen molar-refractivity contribution in [2.45, 2.75) is 30.1 Å². The van der Waals surface area contributed by atoms with Crippen molar-refractivity contribution in [3.05, 3.63) is 59.9 Å². The second kappa shape index (κ2) is 5.68. The number of nitrogens with zero attached hydrogens (tertiary/aromatic N) is 1. The summed E-state index contributed by atoms with van der Waals surface area (Å²) >= 11 is 0. The van der Waals surface area contributed by atoms with Crippen molar-refractivity contribution in [2.75, 3.05) is 7.11 Å². The lowest BCUT2D eigenvalue weighted by Crippen LogP contribution is -2.11. The number of nitrogens with two attached hydrogens (primary N) is 1. The highest BCUT2D eigenvalue weighted by Gasteiger charge is 2.56. The molecule has 2 N–H and O–H groups in total. The molecule has 1 saturated carbocycles. The van der Waals surface area contributed by atoms with E-state index in [-0.39, 0.29) is 10.3 Å². The van der Waals surface area contributed by atoms with Crippen LogP contribution in [0.2, 0.25) is 0 Å². The Labute approximate surface area is 147 Å². The number of aromatic nitrogens is 1. The number of hydrogen-bond acceptors (Lipinski definition) is 4. The van der Waals surface area contributed by atoms with Gasteiger partial charge >= 0.3 is 0 Å². The number of primary sulfonamides is 1. The van der Waals surface area contributed by atoms with Crippen LogP contribution in [-0.2, 0) is 10.0 Å².